The second-order valence-corrected chi connectivity index (χ2v) is 5.10. The van der Waals surface area contributed by atoms with Gasteiger partial charge in [-0.05, 0) is 24.3 Å². The topological polar surface area (TPSA) is 99.5 Å². The first kappa shape index (κ1) is 15.7. The lowest BCUT2D eigenvalue weighted by molar-refractivity contribution is 0.349. The molecule has 0 spiro atoms. The monoisotopic (exact) mass is 327 g/mol. The van der Waals surface area contributed by atoms with Gasteiger partial charge in [0, 0.05) is 11.8 Å². The summed E-state index contributed by atoms with van der Waals surface area (Å²) in [6.07, 6.45) is 0. The molecule has 3 N–H and O–H groups in total. The number of rotatable bonds is 4. The Hall–Kier alpha value is -3.22. The summed E-state index contributed by atoms with van der Waals surface area (Å²) < 4.78 is 16.0. The molecular formula is C17H17N3O4. The molecule has 0 atom stereocenters. The molecule has 0 unspecified atom stereocenters. The number of aromatic amines is 1. The molecule has 2 aromatic carbocycles. The zero-order valence-corrected chi connectivity index (χ0v) is 13.5. The van der Waals surface area contributed by atoms with Crippen molar-refractivity contribution in [3.63, 3.8) is 0 Å². The van der Waals surface area contributed by atoms with E-state index in [1.54, 1.807) is 30.3 Å². The summed E-state index contributed by atoms with van der Waals surface area (Å²) in [6.45, 7) is 0. The SMILES string of the molecule is COc1cc(OC)c(-c2nc3ccc(N)cc3c(=O)[nH]2)cc1OC. The lowest BCUT2D eigenvalue weighted by Crippen LogP contribution is -2.10. The van der Waals surface area contributed by atoms with Crippen molar-refractivity contribution in [3.05, 3.63) is 40.7 Å². The zero-order valence-electron chi connectivity index (χ0n) is 13.5. The normalized spacial score (nSPS) is 10.6. The highest BCUT2D eigenvalue weighted by atomic mass is 16.5. The van der Waals surface area contributed by atoms with Crippen LogP contribution in [0.1, 0.15) is 0 Å². The van der Waals surface area contributed by atoms with E-state index < -0.39 is 0 Å². The molecular weight excluding hydrogens is 310 g/mol. The van der Waals surface area contributed by atoms with E-state index in [1.165, 1.54) is 21.3 Å². The number of nitrogens with one attached hydrogen (secondary N) is 1. The largest absolute Gasteiger partial charge is 0.496 e. The van der Waals surface area contributed by atoms with Crippen molar-refractivity contribution in [1.82, 2.24) is 9.97 Å². The third-order valence-electron chi connectivity index (χ3n) is 3.69. The van der Waals surface area contributed by atoms with Crippen LogP contribution in [0.15, 0.2) is 35.1 Å². The number of nitrogens with two attached hydrogens (primary N) is 1. The van der Waals surface area contributed by atoms with E-state index in [4.69, 9.17) is 19.9 Å². The van der Waals surface area contributed by atoms with Crippen molar-refractivity contribution >= 4 is 16.6 Å². The number of hydrogen-bond acceptors (Lipinski definition) is 6. The maximum atomic E-state index is 12.4. The van der Waals surface area contributed by atoms with E-state index >= 15 is 0 Å². The maximum Gasteiger partial charge on any atom is 0.259 e. The Balaban J connectivity index is 2.27. The Bertz CT molecular complexity index is 966. The van der Waals surface area contributed by atoms with Crippen molar-refractivity contribution in [1.29, 1.82) is 0 Å². The molecule has 0 radical (unpaired) electrons. The van der Waals surface area contributed by atoms with E-state index in [0.717, 1.165) is 0 Å². The van der Waals surface area contributed by atoms with Gasteiger partial charge < -0.3 is 24.9 Å². The first-order valence-electron chi connectivity index (χ1n) is 7.17. The van der Waals surface area contributed by atoms with Gasteiger partial charge in [-0.1, -0.05) is 0 Å². The van der Waals surface area contributed by atoms with E-state index in [1.807, 2.05) is 0 Å². The van der Waals surface area contributed by atoms with Gasteiger partial charge in [-0.3, -0.25) is 4.79 Å². The minimum Gasteiger partial charge on any atom is -0.496 e. The number of nitrogens with zero attached hydrogens (tertiary/aromatic N) is 1. The maximum absolute atomic E-state index is 12.4. The quantitative estimate of drug-likeness (QED) is 0.713. The van der Waals surface area contributed by atoms with Crippen molar-refractivity contribution in [2.75, 3.05) is 27.1 Å². The van der Waals surface area contributed by atoms with E-state index in [9.17, 15) is 4.79 Å². The van der Waals surface area contributed by atoms with Gasteiger partial charge in [0.1, 0.15) is 11.6 Å². The van der Waals surface area contributed by atoms with Crippen LogP contribution in [0, 0.1) is 0 Å². The predicted octanol–water partition coefficient (Wildman–Crippen LogP) is 2.20. The Morgan fingerprint density at radius 2 is 1.62 bits per heavy atom. The van der Waals surface area contributed by atoms with Crippen LogP contribution < -0.4 is 25.5 Å². The molecule has 7 heteroatoms. The van der Waals surface area contributed by atoms with Crippen LogP contribution in [0.2, 0.25) is 0 Å². The van der Waals surface area contributed by atoms with Crippen LogP contribution in [0.4, 0.5) is 5.69 Å². The molecule has 1 aromatic heterocycles. The van der Waals surface area contributed by atoms with Crippen molar-refractivity contribution in [3.8, 4) is 28.6 Å². The average molecular weight is 327 g/mol. The Morgan fingerprint density at radius 3 is 2.29 bits per heavy atom. The van der Waals surface area contributed by atoms with Crippen LogP contribution in [-0.2, 0) is 0 Å². The summed E-state index contributed by atoms with van der Waals surface area (Å²) in [5, 5.41) is 0.429. The number of fused-ring (bicyclic) bond motifs is 1. The molecule has 124 valence electrons. The number of nitrogen functional groups attached to an aromatic ring is 1. The smallest absolute Gasteiger partial charge is 0.259 e. The lowest BCUT2D eigenvalue weighted by Gasteiger charge is -2.14. The van der Waals surface area contributed by atoms with E-state index in [2.05, 4.69) is 9.97 Å². The molecule has 0 bridgehead atoms. The molecule has 24 heavy (non-hydrogen) atoms. The summed E-state index contributed by atoms with van der Waals surface area (Å²) in [5.74, 6) is 1.91. The third-order valence-corrected chi connectivity index (χ3v) is 3.69. The lowest BCUT2D eigenvalue weighted by atomic mass is 10.1. The van der Waals surface area contributed by atoms with Gasteiger partial charge in [0.15, 0.2) is 11.5 Å². The second-order valence-electron chi connectivity index (χ2n) is 5.10. The Kier molecular flexibility index (Phi) is 3.99. The molecule has 0 aliphatic carbocycles. The Morgan fingerprint density at radius 1 is 0.958 bits per heavy atom. The summed E-state index contributed by atoms with van der Waals surface area (Å²) in [5.41, 5.74) is 7.08. The molecule has 0 saturated heterocycles. The molecule has 7 nitrogen and oxygen atoms in total. The second kappa shape index (κ2) is 6.11. The molecule has 0 fully saturated rings. The van der Waals surface area contributed by atoms with Crippen LogP contribution in [0.3, 0.4) is 0 Å². The highest BCUT2D eigenvalue weighted by Gasteiger charge is 2.16. The minimum atomic E-state index is -0.279. The van der Waals surface area contributed by atoms with Gasteiger partial charge in [0.25, 0.3) is 5.56 Å². The summed E-state index contributed by atoms with van der Waals surface area (Å²) in [7, 11) is 4.61. The number of hydrogen-bond donors (Lipinski definition) is 2. The molecule has 0 aliphatic heterocycles. The number of methoxy groups -OCH3 is 3. The van der Waals surface area contributed by atoms with Gasteiger partial charge in [0.2, 0.25) is 0 Å². The number of benzene rings is 2. The van der Waals surface area contributed by atoms with E-state index in [0.29, 0.717) is 45.2 Å². The first-order chi connectivity index (χ1) is 11.6. The molecule has 0 amide bonds. The fourth-order valence-electron chi connectivity index (χ4n) is 2.50. The molecule has 3 rings (SSSR count). The van der Waals surface area contributed by atoms with Crippen molar-refractivity contribution in [2.45, 2.75) is 0 Å². The highest BCUT2D eigenvalue weighted by Crippen LogP contribution is 2.38. The summed E-state index contributed by atoms with van der Waals surface area (Å²) in [4.78, 5) is 19.6. The molecule has 3 aromatic rings. The van der Waals surface area contributed by atoms with E-state index in [-0.39, 0.29) is 5.56 Å². The van der Waals surface area contributed by atoms with Gasteiger partial charge >= 0.3 is 0 Å². The summed E-state index contributed by atoms with van der Waals surface area (Å²) in [6, 6.07) is 8.39. The van der Waals surface area contributed by atoms with Crippen LogP contribution in [0.5, 0.6) is 17.2 Å². The first-order valence-corrected chi connectivity index (χ1v) is 7.17. The minimum absolute atomic E-state index is 0.279. The third kappa shape index (κ3) is 2.60. The summed E-state index contributed by atoms with van der Waals surface area (Å²) >= 11 is 0. The highest BCUT2D eigenvalue weighted by molar-refractivity contribution is 5.83. The average Bonchev–Trinajstić information content (AvgIpc) is 2.60. The number of aromatic nitrogens is 2. The van der Waals surface area contributed by atoms with Crippen molar-refractivity contribution in [2.24, 2.45) is 0 Å². The Labute approximate surface area is 138 Å². The van der Waals surface area contributed by atoms with Crippen LogP contribution in [0.25, 0.3) is 22.3 Å². The van der Waals surface area contributed by atoms with Crippen LogP contribution >= 0.6 is 0 Å². The number of ether oxygens (including phenoxy) is 3. The fourth-order valence-corrected chi connectivity index (χ4v) is 2.50. The molecule has 0 saturated carbocycles. The van der Waals surface area contributed by atoms with Crippen molar-refractivity contribution < 1.29 is 14.2 Å². The van der Waals surface area contributed by atoms with Gasteiger partial charge in [-0.25, -0.2) is 4.98 Å². The standard InChI is InChI=1S/C17H17N3O4/c1-22-13-8-15(24-3)14(23-2)7-11(13)16-19-12-5-4-9(18)6-10(12)17(21)20-16/h4-8H,18H2,1-3H3,(H,19,20,21). The molecule has 1 heterocycles. The zero-order chi connectivity index (χ0) is 17.3. The molecule has 0 aliphatic rings. The number of H-pyrrole nitrogens is 1. The predicted molar refractivity (Wildman–Crippen MR) is 91.9 cm³/mol. The van der Waals surface area contributed by atoms with Gasteiger partial charge in [-0.2, -0.15) is 0 Å². The van der Waals surface area contributed by atoms with Gasteiger partial charge in [-0.15, -0.1) is 0 Å². The fraction of sp³-hybridized carbons (Fsp3) is 0.176. The van der Waals surface area contributed by atoms with Gasteiger partial charge in [0.05, 0.1) is 37.8 Å². The van der Waals surface area contributed by atoms with Crippen LogP contribution in [-0.4, -0.2) is 31.3 Å². The number of anilines is 1.